The molecule has 0 aromatic rings. The van der Waals surface area contributed by atoms with E-state index in [2.05, 4.69) is 4.74 Å². The van der Waals surface area contributed by atoms with Gasteiger partial charge < -0.3 is 15.2 Å². The fraction of sp³-hybridized carbons (Fsp3) is 0.900. The number of rotatable bonds is 5. The Hall–Kier alpha value is -0.610. The van der Waals surface area contributed by atoms with E-state index in [-0.39, 0.29) is 12.6 Å². The van der Waals surface area contributed by atoms with Crippen LogP contribution in [-0.4, -0.2) is 32.8 Å². The van der Waals surface area contributed by atoms with Gasteiger partial charge in [0.25, 0.3) is 0 Å². The molecule has 2 atom stereocenters. The fourth-order valence-corrected chi connectivity index (χ4v) is 2.00. The standard InChI is InChI=1S/C10H19NO3/c1-13-10(12)7-14-6-9-4-2-3-8(9)5-11/h8-9H,2-7,11H2,1H3. The Morgan fingerprint density at radius 1 is 1.43 bits per heavy atom. The van der Waals surface area contributed by atoms with Gasteiger partial charge in [0.15, 0.2) is 0 Å². The third kappa shape index (κ3) is 3.27. The highest BCUT2D eigenvalue weighted by molar-refractivity contribution is 5.70. The molecule has 1 saturated carbocycles. The highest BCUT2D eigenvalue weighted by Gasteiger charge is 2.26. The molecule has 0 aromatic carbocycles. The molecule has 2 unspecified atom stereocenters. The van der Waals surface area contributed by atoms with Crippen molar-refractivity contribution in [1.29, 1.82) is 0 Å². The van der Waals surface area contributed by atoms with E-state index in [0.29, 0.717) is 18.4 Å². The van der Waals surface area contributed by atoms with Crippen molar-refractivity contribution in [3.05, 3.63) is 0 Å². The zero-order chi connectivity index (χ0) is 10.4. The van der Waals surface area contributed by atoms with Crippen molar-refractivity contribution in [2.45, 2.75) is 19.3 Å². The fourth-order valence-electron chi connectivity index (χ4n) is 2.00. The summed E-state index contributed by atoms with van der Waals surface area (Å²) in [6.07, 6.45) is 3.60. The number of carbonyl (C=O) groups excluding carboxylic acids is 1. The second-order valence-corrected chi connectivity index (χ2v) is 3.78. The molecule has 14 heavy (non-hydrogen) atoms. The summed E-state index contributed by atoms with van der Waals surface area (Å²) in [6, 6.07) is 0. The minimum Gasteiger partial charge on any atom is -0.467 e. The van der Waals surface area contributed by atoms with Crippen LogP contribution in [0.2, 0.25) is 0 Å². The molecule has 1 rings (SSSR count). The number of hydrogen-bond donors (Lipinski definition) is 1. The van der Waals surface area contributed by atoms with Crippen LogP contribution < -0.4 is 5.73 Å². The van der Waals surface area contributed by atoms with Crippen molar-refractivity contribution < 1.29 is 14.3 Å². The zero-order valence-electron chi connectivity index (χ0n) is 8.70. The number of esters is 1. The summed E-state index contributed by atoms with van der Waals surface area (Å²) < 4.78 is 9.75. The SMILES string of the molecule is COC(=O)COCC1CCCC1CN. The molecule has 0 heterocycles. The Kier molecular flexibility index (Phi) is 4.90. The first-order valence-electron chi connectivity index (χ1n) is 5.12. The minimum absolute atomic E-state index is 0.0598. The van der Waals surface area contributed by atoms with E-state index in [1.807, 2.05) is 0 Å². The Bertz CT molecular complexity index is 184. The number of ether oxygens (including phenoxy) is 2. The summed E-state index contributed by atoms with van der Waals surface area (Å²) in [5.41, 5.74) is 5.63. The molecule has 0 aromatic heterocycles. The molecule has 1 aliphatic carbocycles. The monoisotopic (exact) mass is 201 g/mol. The van der Waals surface area contributed by atoms with Crippen LogP contribution in [0, 0.1) is 11.8 Å². The molecule has 4 nitrogen and oxygen atoms in total. The Morgan fingerprint density at radius 2 is 2.14 bits per heavy atom. The van der Waals surface area contributed by atoms with Gasteiger partial charge in [-0.1, -0.05) is 6.42 Å². The van der Waals surface area contributed by atoms with E-state index >= 15 is 0 Å². The number of hydrogen-bond acceptors (Lipinski definition) is 4. The Balaban J connectivity index is 2.14. The first kappa shape index (κ1) is 11.5. The van der Waals surface area contributed by atoms with Crippen LogP contribution >= 0.6 is 0 Å². The second-order valence-electron chi connectivity index (χ2n) is 3.78. The highest BCUT2D eigenvalue weighted by Crippen LogP contribution is 2.30. The normalized spacial score (nSPS) is 26.4. The van der Waals surface area contributed by atoms with Gasteiger partial charge >= 0.3 is 5.97 Å². The van der Waals surface area contributed by atoms with Crippen LogP contribution in [0.3, 0.4) is 0 Å². The van der Waals surface area contributed by atoms with Crippen LogP contribution in [0.15, 0.2) is 0 Å². The molecular formula is C10H19NO3. The maximum absolute atomic E-state index is 10.8. The molecule has 0 bridgehead atoms. The van der Waals surface area contributed by atoms with Gasteiger partial charge in [0.05, 0.1) is 13.7 Å². The maximum Gasteiger partial charge on any atom is 0.331 e. The quantitative estimate of drug-likeness (QED) is 0.660. The average molecular weight is 201 g/mol. The molecule has 0 saturated heterocycles. The Morgan fingerprint density at radius 3 is 2.79 bits per heavy atom. The van der Waals surface area contributed by atoms with Crippen molar-refractivity contribution in [3.63, 3.8) is 0 Å². The molecule has 4 heteroatoms. The van der Waals surface area contributed by atoms with E-state index in [4.69, 9.17) is 10.5 Å². The topological polar surface area (TPSA) is 61.5 Å². The molecule has 0 radical (unpaired) electrons. The highest BCUT2D eigenvalue weighted by atomic mass is 16.6. The van der Waals surface area contributed by atoms with Gasteiger partial charge in [-0.2, -0.15) is 0 Å². The summed E-state index contributed by atoms with van der Waals surface area (Å²) in [5, 5.41) is 0. The summed E-state index contributed by atoms with van der Waals surface area (Å²) in [7, 11) is 1.37. The van der Waals surface area contributed by atoms with Crippen LogP contribution in [0.4, 0.5) is 0 Å². The van der Waals surface area contributed by atoms with Crippen molar-refractivity contribution in [3.8, 4) is 0 Å². The van der Waals surface area contributed by atoms with Crippen LogP contribution in [0.1, 0.15) is 19.3 Å². The Labute approximate surface area is 84.7 Å². The molecule has 1 fully saturated rings. The summed E-state index contributed by atoms with van der Waals surface area (Å²) in [4.78, 5) is 10.8. The van der Waals surface area contributed by atoms with Gasteiger partial charge in [-0.3, -0.25) is 0 Å². The summed E-state index contributed by atoms with van der Waals surface area (Å²) in [6.45, 7) is 1.42. The molecule has 82 valence electrons. The van der Waals surface area contributed by atoms with Crippen molar-refractivity contribution >= 4 is 5.97 Å². The number of nitrogens with two attached hydrogens (primary N) is 1. The lowest BCUT2D eigenvalue weighted by molar-refractivity contribution is -0.146. The molecule has 2 N–H and O–H groups in total. The van der Waals surface area contributed by atoms with Gasteiger partial charge in [-0.05, 0) is 31.2 Å². The first-order chi connectivity index (χ1) is 6.77. The molecule has 1 aliphatic rings. The molecule has 0 aliphatic heterocycles. The largest absolute Gasteiger partial charge is 0.467 e. The second kappa shape index (κ2) is 5.98. The molecule has 0 amide bonds. The summed E-state index contributed by atoms with van der Waals surface area (Å²) >= 11 is 0. The lowest BCUT2D eigenvalue weighted by atomic mass is 9.97. The van der Waals surface area contributed by atoms with Crippen molar-refractivity contribution in [2.24, 2.45) is 17.6 Å². The lowest BCUT2D eigenvalue weighted by Crippen LogP contribution is -2.23. The van der Waals surface area contributed by atoms with Crippen LogP contribution in [0.5, 0.6) is 0 Å². The molecule has 0 spiro atoms. The van der Waals surface area contributed by atoms with E-state index < -0.39 is 0 Å². The van der Waals surface area contributed by atoms with Crippen molar-refractivity contribution in [1.82, 2.24) is 0 Å². The van der Waals surface area contributed by atoms with Crippen molar-refractivity contribution in [2.75, 3.05) is 26.9 Å². The van der Waals surface area contributed by atoms with Gasteiger partial charge in [-0.25, -0.2) is 4.79 Å². The van der Waals surface area contributed by atoms with Gasteiger partial charge in [0.1, 0.15) is 6.61 Å². The predicted octanol–water partition coefficient (Wildman–Crippen LogP) is 0.551. The average Bonchev–Trinajstić information content (AvgIpc) is 2.65. The van der Waals surface area contributed by atoms with E-state index in [9.17, 15) is 4.79 Å². The van der Waals surface area contributed by atoms with Gasteiger partial charge in [-0.15, -0.1) is 0 Å². The lowest BCUT2D eigenvalue weighted by Gasteiger charge is -2.17. The smallest absolute Gasteiger partial charge is 0.331 e. The van der Waals surface area contributed by atoms with Crippen LogP contribution in [0.25, 0.3) is 0 Å². The third-order valence-corrected chi connectivity index (χ3v) is 2.90. The summed E-state index contributed by atoms with van der Waals surface area (Å²) in [5.74, 6) is 0.796. The number of carbonyl (C=O) groups is 1. The third-order valence-electron chi connectivity index (χ3n) is 2.90. The number of methoxy groups -OCH3 is 1. The van der Waals surface area contributed by atoms with E-state index in [0.717, 1.165) is 6.54 Å². The van der Waals surface area contributed by atoms with E-state index in [1.165, 1.54) is 26.4 Å². The molecular weight excluding hydrogens is 182 g/mol. The van der Waals surface area contributed by atoms with Gasteiger partial charge in [0.2, 0.25) is 0 Å². The van der Waals surface area contributed by atoms with Gasteiger partial charge in [0, 0.05) is 0 Å². The predicted molar refractivity (Wildman–Crippen MR) is 52.7 cm³/mol. The maximum atomic E-state index is 10.8. The zero-order valence-corrected chi connectivity index (χ0v) is 8.70. The first-order valence-corrected chi connectivity index (χ1v) is 5.12. The minimum atomic E-state index is -0.313. The van der Waals surface area contributed by atoms with Crippen LogP contribution in [-0.2, 0) is 14.3 Å². The van der Waals surface area contributed by atoms with E-state index in [1.54, 1.807) is 0 Å².